The fourth-order valence-corrected chi connectivity index (χ4v) is 3.50. The zero-order valence-electron chi connectivity index (χ0n) is 15.4. The number of nitrogens with zero attached hydrogens (tertiary/aromatic N) is 3. The summed E-state index contributed by atoms with van der Waals surface area (Å²) in [5.41, 5.74) is 0.770. The minimum Gasteiger partial charge on any atom is -0.357 e. The maximum atomic E-state index is 13.9. The van der Waals surface area contributed by atoms with Gasteiger partial charge in [-0.05, 0) is 29.0 Å². The lowest BCUT2D eigenvalue weighted by molar-refractivity contribution is -0.144. The van der Waals surface area contributed by atoms with Crippen LogP contribution in [0.25, 0.3) is 5.69 Å². The second kappa shape index (κ2) is 7.10. The normalized spacial score (nSPS) is 12.9. The summed E-state index contributed by atoms with van der Waals surface area (Å²) in [6, 6.07) is 2.50. The summed E-state index contributed by atoms with van der Waals surface area (Å²) in [6.45, 7) is 6.97. The van der Waals surface area contributed by atoms with Gasteiger partial charge in [-0.15, -0.1) is 8.98 Å². The standard InChI is InChI=1S/C16H20F4N4O2S/c1-8(2)10-6-11(9(3)4)13(27(20,25)26)7-12(10)24-15(21-5)22-14(23-24)16(17,18)19/h6-9H,1-5H3,(H,21,22,23). The molecule has 0 saturated heterocycles. The lowest BCUT2D eigenvalue weighted by Crippen LogP contribution is -2.12. The van der Waals surface area contributed by atoms with Crippen molar-refractivity contribution in [2.24, 2.45) is 0 Å². The van der Waals surface area contributed by atoms with Gasteiger partial charge in [-0.25, -0.2) is 0 Å². The Hall–Kier alpha value is -2.17. The number of benzene rings is 1. The number of halogens is 4. The molecule has 1 N–H and O–H groups in total. The second-order valence-electron chi connectivity index (χ2n) is 6.61. The Kier molecular flexibility index (Phi) is 5.56. The number of hydrogen-bond acceptors (Lipinski definition) is 5. The summed E-state index contributed by atoms with van der Waals surface area (Å²) in [6.07, 6.45) is -4.79. The molecule has 0 atom stereocenters. The van der Waals surface area contributed by atoms with Crippen LogP contribution >= 0.6 is 0 Å². The van der Waals surface area contributed by atoms with Crippen molar-refractivity contribution in [1.29, 1.82) is 0 Å². The van der Waals surface area contributed by atoms with Gasteiger partial charge in [-0.1, -0.05) is 33.8 Å². The Morgan fingerprint density at radius 3 is 2.04 bits per heavy atom. The SMILES string of the molecule is CNc1nc(C(F)(F)F)nn1-c1cc(S(=O)(=O)F)c(C(C)C)cc1C(C)C. The highest BCUT2D eigenvalue weighted by Gasteiger charge is 2.37. The van der Waals surface area contributed by atoms with Crippen LogP contribution in [-0.4, -0.2) is 30.2 Å². The fraction of sp³-hybridized carbons (Fsp3) is 0.500. The summed E-state index contributed by atoms with van der Waals surface area (Å²) in [5, 5.41) is 5.96. The van der Waals surface area contributed by atoms with Crippen LogP contribution in [-0.2, 0) is 16.4 Å². The van der Waals surface area contributed by atoms with Crippen LogP contribution in [0.1, 0.15) is 56.5 Å². The first-order valence-electron chi connectivity index (χ1n) is 8.12. The number of aromatic nitrogens is 3. The predicted octanol–water partition coefficient (Wildman–Crippen LogP) is 4.23. The van der Waals surface area contributed by atoms with Crippen molar-refractivity contribution in [2.45, 2.75) is 50.6 Å². The van der Waals surface area contributed by atoms with E-state index in [1.165, 1.54) is 13.1 Å². The molecule has 1 aromatic heterocycles. The molecule has 0 bridgehead atoms. The van der Waals surface area contributed by atoms with E-state index < -0.39 is 27.1 Å². The van der Waals surface area contributed by atoms with Crippen LogP contribution in [0.4, 0.5) is 23.0 Å². The Morgan fingerprint density at radius 2 is 1.63 bits per heavy atom. The summed E-state index contributed by atoms with van der Waals surface area (Å²) >= 11 is 0. The molecule has 2 rings (SSSR count). The molecule has 27 heavy (non-hydrogen) atoms. The molecule has 0 unspecified atom stereocenters. The quantitative estimate of drug-likeness (QED) is 0.592. The van der Waals surface area contributed by atoms with Gasteiger partial charge in [-0.3, -0.25) is 0 Å². The van der Waals surface area contributed by atoms with Crippen molar-refractivity contribution >= 4 is 16.2 Å². The largest absolute Gasteiger partial charge is 0.453 e. The predicted molar refractivity (Wildman–Crippen MR) is 92.4 cm³/mol. The van der Waals surface area contributed by atoms with Crippen molar-refractivity contribution < 1.29 is 25.5 Å². The van der Waals surface area contributed by atoms with E-state index in [0.717, 1.165) is 10.7 Å². The minimum absolute atomic E-state index is 0.0120. The van der Waals surface area contributed by atoms with Crippen molar-refractivity contribution in [3.63, 3.8) is 0 Å². The number of alkyl halides is 3. The highest BCUT2D eigenvalue weighted by Crippen LogP contribution is 2.35. The van der Waals surface area contributed by atoms with E-state index in [2.05, 4.69) is 15.4 Å². The zero-order valence-corrected chi connectivity index (χ0v) is 16.2. The van der Waals surface area contributed by atoms with E-state index in [-0.39, 0.29) is 29.0 Å². The molecule has 0 amide bonds. The number of nitrogens with one attached hydrogen (secondary N) is 1. The molecular formula is C16H20F4N4O2S. The highest BCUT2D eigenvalue weighted by molar-refractivity contribution is 7.86. The van der Waals surface area contributed by atoms with Gasteiger partial charge in [0, 0.05) is 7.05 Å². The van der Waals surface area contributed by atoms with Gasteiger partial charge < -0.3 is 5.32 Å². The van der Waals surface area contributed by atoms with Crippen molar-refractivity contribution in [3.8, 4) is 5.69 Å². The van der Waals surface area contributed by atoms with E-state index in [9.17, 15) is 25.5 Å². The fourth-order valence-electron chi connectivity index (χ4n) is 2.67. The molecule has 0 saturated carbocycles. The van der Waals surface area contributed by atoms with Gasteiger partial charge in [0.2, 0.25) is 5.95 Å². The third-order valence-corrected chi connectivity index (χ3v) is 4.86. The smallest absolute Gasteiger partial charge is 0.357 e. The van der Waals surface area contributed by atoms with E-state index in [4.69, 9.17) is 0 Å². The van der Waals surface area contributed by atoms with Gasteiger partial charge in [0.1, 0.15) is 4.90 Å². The molecule has 1 aromatic carbocycles. The first kappa shape index (κ1) is 21.1. The van der Waals surface area contributed by atoms with Gasteiger partial charge in [0.15, 0.2) is 0 Å². The average molecular weight is 408 g/mol. The van der Waals surface area contributed by atoms with Gasteiger partial charge >= 0.3 is 16.4 Å². The lowest BCUT2D eigenvalue weighted by Gasteiger charge is -2.19. The first-order valence-corrected chi connectivity index (χ1v) is 9.50. The average Bonchev–Trinajstić information content (AvgIpc) is 2.96. The highest BCUT2D eigenvalue weighted by atomic mass is 32.3. The molecule has 0 spiro atoms. The summed E-state index contributed by atoms with van der Waals surface area (Å²) in [4.78, 5) is 2.80. The van der Waals surface area contributed by atoms with Crippen LogP contribution < -0.4 is 5.32 Å². The van der Waals surface area contributed by atoms with Gasteiger partial charge in [0.05, 0.1) is 5.69 Å². The number of rotatable bonds is 5. The Bertz CT molecular complexity index is 950. The molecule has 150 valence electrons. The van der Waals surface area contributed by atoms with Crippen LogP contribution in [0, 0.1) is 0 Å². The number of anilines is 1. The molecule has 0 aliphatic rings. The van der Waals surface area contributed by atoms with Crippen molar-refractivity contribution in [3.05, 3.63) is 29.1 Å². The summed E-state index contributed by atoms with van der Waals surface area (Å²) in [5.74, 6) is -2.15. The Labute approximate surface area is 154 Å². The molecule has 0 aliphatic heterocycles. The van der Waals surface area contributed by atoms with E-state index in [0.29, 0.717) is 5.56 Å². The van der Waals surface area contributed by atoms with Crippen molar-refractivity contribution in [2.75, 3.05) is 12.4 Å². The maximum absolute atomic E-state index is 13.9. The molecule has 0 radical (unpaired) electrons. The minimum atomic E-state index is -5.10. The monoisotopic (exact) mass is 408 g/mol. The molecule has 0 fully saturated rings. The molecular weight excluding hydrogens is 388 g/mol. The van der Waals surface area contributed by atoms with Crippen LogP contribution in [0.5, 0.6) is 0 Å². The Morgan fingerprint density at radius 1 is 1.07 bits per heavy atom. The second-order valence-corrected chi connectivity index (χ2v) is 7.93. The van der Waals surface area contributed by atoms with Crippen LogP contribution in [0.15, 0.2) is 17.0 Å². The Balaban J connectivity index is 2.90. The number of hydrogen-bond donors (Lipinski definition) is 1. The molecule has 11 heteroatoms. The first-order chi connectivity index (χ1) is 12.3. The van der Waals surface area contributed by atoms with Crippen molar-refractivity contribution in [1.82, 2.24) is 14.8 Å². The molecule has 2 aromatic rings. The van der Waals surface area contributed by atoms with E-state index in [1.54, 1.807) is 27.7 Å². The van der Waals surface area contributed by atoms with Crippen LogP contribution in [0.2, 0.25) is 0 Å². The van der Waals surface area contributed by atoms with Gasteiger partial charge in [-0.2, -0.15) is 31.3 Å². The molecule has 6 nitrogen and oxygen atoms in total. The summed E-state index contributed by atoms with van der Waals surface area (Å²) in [7, 11) is -3.74. The molecule has 0 aliphatic carbocycles. The maximum Gasteiger partial charge on any atom is 0.453 e. The summed E-state index contributed by atoms with van der Waals surface area (Å²) < 4.78 is 77.0. The lowest BCUT2D eigenvalue weighted by atomic mass is 9.94. The van der Waals surface area contributed by atoms with E-state index in [1.807, 2.05) is 0 Å². The topological polar surface area (TPSA) is 76.9 Å². The van der Waals surface area contributed by atoms with Crippen LogP contribution in [0.3, 0.4) is 0 Å². The third kappa shape index (κ3) is 4.23. The third-order valence-electron chi connectivity index (χ3n) is 3.98. The van der Waals surface area contributed by atoms with Gasteiger partial charge in [0.25, 0.3) is 5.82 Å². The molecule has 1 heterocycles. The van der Waals surface area contributed by atoms with E-state index >= 15 is 0 Å². The zero-order chi connectivity index (χ0) is 20.7.